The van der Waals surface area contributed by atoms with E-state index in [0.717, 1.165) is 0 Å². The lowest BCUT2D eigenvalue weighted by molar-refractivity contribution is -0.0503. The van der Waals surface area contributed by atoms with Gasteiger partial charge >= 0.3 is 0 Å². The van der Waals surface area contributed by atoms with Crippen molar-refractivity contribution in [2.24, 2.45) is 0 Å². The average Bonchev–Trinajstić information content (AvgIpc) is 2.11. The van der Waals surface area contributed by atoms with Crippen LogP contribution >= 0.6 is 0 Å². The van der Waals surface area contributed by atoms with Crippen molar-refractivity contribution < 1.29 is 19.7 Å². The molecule has 13 heavy (non-hydrogen) atoms. The molecule has 0 aromatic heterocycles. The van der Waals surface area contributed by atoms with Crippen LogP contribution in [0, 0.1) is 0 Å². The minimum atomic E-state index is -1.39. The molecule has 0 bridgehead atoms. The summed E-state index contributed by atoms with van der Waals surface area (Å²) in [4.78, 5) is 0. The molecule has 3 N–H and O–H groups in total. The maximum Gasteiger partial charge on any atom is 0.145 e. The van der Waals surface area contributed by atoms with Crippen LogP contribution in [0.25, 0.3) is 0 Å². The number of rotatable bonds is 3. The molecule has 5 heteroatoms. The Labute approximate surface area is 79.7 Å². The summed E-state index contributed by atoms with van der Waals surface area (Å²) in [5, 5.41) is 28.5. The van der Waals surface area contributed by atoms with Gasteiger partial charge in [0, 0.05) is 13.0 Å². The molecule has 0 fully saturated rings. The fourth-order valence-electron chi connectivity index (χ4n) is 1.24. The van der Waals surface area contributed by atoms with Crippen molar-refractivity contribution in [2.45, 2.75) is 18.1 Å². The molecule has 0 aliphatic heterocycles. The van der Waals surface area contributed by atoms with E-state index in [2.05, 4.69) is 0 Å². The first kappa shape index (κ1) is 10.5. The van der Waals surface area contributed by atoms with E-state index in [4.69, 9.17) is 4.43 Å². The molecule has 0 spiro atoms. The highest BCUT2D eigenvalue weighted by Crippen LogP contribution is 2.25. The first-order chi connectivity index (χ1) is 6.10. The number of allylic oxidation sites excluding steroid dienone is 2. The zero-order valence-corrected chi connectivity index (χ0v) is 9.47. The topological polar surface area (TPSA) is 69.9 Å². The normalized spacial score (nSPS) is 33.4. The summed E-state index contributed by atoms with van der Waals surface area (Å²) in [6, 6.07) is 0. The second-order valence-corrected chi connectivity index (χ2v) is 3.66. The molecule has 1 aliphatic rings. The average molecular weight is 202 g/mol. The number of aliphatic hydroxyl groups is 3. The quantitative estimate of drug-likeness (QED) is 0.502. The molecular weight excluding hydrogens is 188 g/mol. The van der Waals surface area contributed by atoms with Gasteiger partial charge in [-0.25, -0.2) is 0 Å². The third-order valence-corrected chi connectivity index (χ3v) is 2.52. The van der Waals surface area contributed by atoms with E-state index in [0.29, 0.717) is 17.1 Å². The molecule has 1 aliphatic carbocycles. The van der Waals surface area contributed by atoms with Crippen LogP contribution in [0.4, 0.5) is 0 Å². The van der Waals surface area contributed by atoms with Crippen molar-refractivity contribution in [2.75, 3.05) is 6.61 Å². The number of hydrogen-bond acceptors (Lipinski definition) is 4. The summed E-state index contributed by atoms with van der Waals surface area (Å²) in [7, 11) is 0.601. The summed E-state index contributed by atoms with van der Waals surface area (Å²) in [6.07, 6.45) is 3.40. The van der Waals surface area contributed by atoms with Crippen molar-refractivity contribution in [1.82, 2.24) is 0 Å². The van der Waals surface area contributed by atoms with Crippen molar-refractivity contribution in [3.8, 4) is 0 Å². The summed E-state index contributed by atoms with van der Waals surface area (Å²) < 4.78 is 4.93. The van der Waals surface area contributed by atoms with Crippen molar-refractivity contribution in [3.05, 3.63) is 24.0 Å². The van der Waals surface area contributed by atoms with Crippen LogP contribution in [0.1, 0.15) is 6.42 Å². The lowest BCUT2D eigenvalue weighted by atomic mass is 9.88. The van der Waals surface area contributed by atoms with Crippen LogP contribution in [0.15, 0.2) is 24.0 Å². The lowest BCUT2D eigenvalue weighted by Gasteiger charge is -2.31. The van der Waals surface area contributed by atoms with Gasteiger partial charge in [-0.05, 0) is 12.2 Å². The number of hydrogen-bond donors (Lipinski definition) is 3. The molecule has 2 atom stereocenters. The monoisotopic (exact) mass is 202 g/mol. The van der Waals surface area contributed by atoms with Crippen LogP contribution in [-0.4, -0.2) is 44.1 Å². The van der Waals surface area contributed by atoms with E-state index in [9.17, 15) is 15.3 Å². The van der Waals surface area contributed by atoms with E-state index < -0.39 is 11.7 Å². The fourth-order valence-corrected chi connectivity index (χ4v) is 1.44. The summed E-state index contributed by atoms with van der Waals surface area (Å²) in [5.74, 6) is -0.210. The maximum absolute atomic E-state index is 9.84. The van der Waals surface area contributed by atoms with Gasteiger partial charge in [0.25, 0.3) is 0 Å². The second-order valence-electron chi connectivity index (χ2n) is 3.09. The summed E-state index contributed by atoms with van der Waals surface area (Å²) >= 11 is 0. The standard InChI is InChI=1S/C8H14O4Si/c9-6-2-1-3-8(11,7(6)10)4-5-12-13/h1-3,7,9-11H,4-5H2,13H3. The molecule has 4 nitrogen and oxygen atoms in total. The third kappa shape index (κ3) is 2.19. The van der Waals surface area contributed by atoms with Gasteiger partial charge in [0.1, 0.15) is 28.0 Å². The first-order valence-electron chi connectivity index (χ1n) is 4.08. The van der Waals surface area contributed by atoms with Gasteiger partial charge in [0.2, 0.25) is 0 Å². The largest absolute Gasteiger partial charge is 0.509 e. The Morgan fingerprint density at radius 1 is 1.62 bits per heavy atom. The van der Waals surface area contributed by atoms with E-state index in [-0.39, 0.29) is 12.2 Å². The fraction of sp³-hybridized carbons (Fsp3) is 0.500. The maximum atomic E-state index is 9.84. The minimum Gasteiger partial charge on any atom is -0.509 e. The third-order valence-electron chi connectivity index (χ3n) is 2.11. The number of aliphatic hydroxyl groups excluding tert-OH is 2. The van der Waals surface area contributed by atoms with Crippen LogP contribution < -0.4 is 0 Å². The van der Waals surface area contributed by atoms with Crippen LogP contribution in [0.2, 0.25) is 0 Å². The summed E-state index contributed by atoms with van der Waals surface area (Å²) in [6.45, 7) is 0.386. The Morgan fingerprint density at radius 2 is 2.31 bits per heavy atom. The Kier molecular flexibility index (Phi) is 3.26. The minimum absolute atomic E-state index is 0.210. The first-order valence-corrected chi connectivity index (χ1v) is 4.89. The second kappa shape index (κ2) is 4.06. The van der Waals surface area contributed by atoms with Crippen LogP contribution in [0.3, 0.4) is 0 Å². The predicted octanol–water partition coefficient (Wildman–Crippen LogP) is -1.22. The molecule has 0 saturated carbocycles. The lowest BCUT2D eigenvalue weighted by Crippen LogP contribution is -2.43. The van der Waals surface area contributed by atoms with Gasteiger partial charge in [-0.2, -0.15) is 0 Å². The molecular formula is C8H14O4Si. The van der Waals surface area contributed by atoms with Crippen LogP contribution in [-0.2, 0) is 4.43 Å². The van der Waals surface area contributed by atoms with E-state index >= 15 is 0 Å². The highest BCUT2D eigenvalue weighted by molar-refractivity contribution is 5.97. The van der Waals surface area contributed by atoms with Gasteiger partial charge in [-0.1, -0.05) is 6.08 Å². The van der Waals surface area contributed by atoms with Gasteiger partial charge < -0.3 is 19.7 Å². The molecule has 0 radical (unpaired) electrons. The Bertz CT molecular complexity index is 238. The molecule has 0 aromatic rings. The molecule has 2 unspecified atom stereocenters. The van der Waals surface area contributed by atoms with E-state index in [1.807, 2.05) is 0 Å². The Hall–Kier alpha value is -0.623. The van der Waals surface area contributed by atoms with Gasteiger partial charge in [0.05, 0.1) is 0 Å². The molecule has 0 aromatic carbocycles. The smallest absolute Gasteiger partial charge is 0.145 e. The molecule has 1 rings (SSSR count). The Morgan fingerprint density at radius 3 is 2.92 bits per heavy atom. The highest BCUT2D eigenvalue weighted by Gasteiger charge is 2.36. The summed E-state index contributed by atoms with van der Waals surface area (Å²) in [5.41, 5.74) is -1.39. The van der Waals surface area contributed by atoms with E-state index in [1.54, 1.807) is 0 Å². The SMILES string of the molecule is OC1=CC=CC(O)(CCO[SiH3])C1O. The van der Waals surface area contributed by atoms with E-state index in [1.165, 1.54) is 18.2 Å². The van der Waals surface area contributed by atoms with Gasteiger partial charge in [0.15, 0.2) is 0 Å². The van der Waals surface area contributed by atoms with Crippen molar-refractivity contribution in [3.63, 3.8) is 0 Å². The molecule has 74 valence electrons. The molecule has 0 saturated heterocycles. The zero-order chi connectivity index (χ0) is 9.90. The highest BCUT2D eigenvalue weighted by atomic mass is 28.2. The predicted molar refractivity (Wildman–Crippen MR) is 51.3 cm³/mol. The van der Waals surface area contributed by atoms with Crippen molar-refractivity contribution >= 4 is 10.5 Å². The van der Waals surface area contributed by atoms with Crippen molar-refractivity contribution in [1.29, 1.82) is 0 Å². The Balaban J connectivity index is 2.68. The van der Waals surface area contributed by atoms with Gasteiger partial charge in [-0.15, -0.1) is 0 Å². The molecule has 0 amide bonds. The van der Waals surface area contributed by atoms with Gasteiger partial charge in [-0.3, -0.25) is 0 Å². The zero-order valence-electron chi connectivity index (χ0n) is 7.47. The van der Waals surface area contributed by atoms with Crippen LogP contribution in [0.5, 0.6) is 0 Å². The molecule has 0 heterocycles.